The van der Waals surface area contributed by atoms with Crippen LogP contribution in [-0.4, -0.2) is 35.1 Å². The van der Waals surface area contributed by atoms with Gasteiger partial charge in [-0.2, -0.15) is 0 Å². The molecule has 0 fully saturated rings. The normalized spacial score (nSPS) is 15.1. The van der Waals surface area contributed by atoms with Gasteiger partial charge in [-0.05, 0) is 42.7 Å². The number of fused-ring (bicyclic) bond motifs is 1. The maximum Gasteiger partial charge on any atom is 0.307 e. The molecule has 0 bridgehead atoms. The first-order chi connectivity index (χ1) is 12.8. The summed E-state index contributed by atoms with van der Waals surface area (Å²) in [6.45, 7) is 8.05. The van der Waals surface area contributed by atoms with E-state index < -0.39 is 11.9 Å². The number of nitrogens with zero attached hydrogens (tertiary/aromatic N) is 1. The minimum atomic E-state index is -0.801. The van der Waals surface area contributed by atoms with E-state index in [9.17, 15) is 14.7 Å². The zero-order valence-corrected chi connectivity index (χ0v) is 16.8. The molecule has 0 saturated heterocycles. The molecule has 3 N–H and O–H groups in total. The Labute approximate surface area is 162 Å². The fourth-order valence-electron chi connectivity index (χ4n) is 3.48. The van der Waals surface area contributed by atoms with Gasteiger partial charge in [-0.3, -0.25) is 14.6 Å². The molecule has 6 nitrogen and oxygen atoms in total. The summed E-state index contributed by atoms with van der Waals surface area (Å²) in [5.74, 6) is -1.26. The van der Waals surface area contributed by atoms with Crippen molar-refractivity contribution in [3.8, 4) is 0 Å². The smallest absolute Gasteiger partial charge is 0.307 e. The van der Waals surface area contributed by atoms with Gasteiger partial charge in [0, 0.05) is 43.9 Å². The Morgan fingerprint density at radius 2 is 2.07 bits per heavy atom. The van der Waals surface area contributed by atoms with Gasteiger partial charge < -0.3 is 15.7 Å². The van der Waals surface area contributed by atoms with Crippen LogP contribution in [0.1, 0.15) is 63.4 Å². The molecule has 1 unspecified atom stereocenters. The molecule has 0 aliphatic carbocycles. The summed E-state index contributed by atoms with van der Waals surface area (Å²) in [6.07, 6.45) is 4.54. The Bertz CT molecular complexity index is 653. The van der Waals surface area contributed by atoms with Crippen LogP contribution in [0.15, 0.2) is 12.1 Å². The zero-order chi connectivity index (χ0) is 19.9. The largest absolute Gasteiger partial charge is 0.481 e. The predicted molar refractivity (Wildman–Crippen MR) is 105 cm³/mol. The van der Waals surface area contributed by atoms with E-state index in [2.05, 4.69) is 22.8 Å². The van der Waals surface area contributed by atoms with Gasteiger partial charge in [0.05, 0.1) is 5.92 Å². The SMILES string of the molecule is CC(C)(C)C(CCNC(=O)CCCCc1ccc2c(n1)CCNC2)C(=O)O. The number of nitrogens with one attached hydrogen (secondary N) is 2. The van der Waals surface area contributed by atoms with E-state index in [-0.39, 0.29) is 11.3 Å². The molecule has 0 aromatic carbocycles. The number of unbranched alkanes of at least 4 members (excludes halogenated alkanes) is 1. The van der Waals surface area contributed by atoms with Crippen molar-refractivity contribution in [2.75, 3.05) is 13.1 Å². The number of rotatable bonds is 9. The molecule has 6 heteroatoms. The van der Waals surface area contributed by atoms with Gasteiger partial charge in [0.25, 0.3) is 0 Å². The zero-order valence-electron chi connectivity index (χ0n) is 16.8. The summed E-state index contributed by atoms with van der Waals surface area (Å²) in [6, 6.07) is 4.25. The second-order valence-corrected chi connectivity index (χ2v) is 8.44. The van der Waals surface area contributed by atoms with Crippen molar-refractivity contribution in [2.24, 2.45) is 11.3 Å². The molecular weight excluding hydrogens is 342 g/mol. The van der Waals surface area contributed by atoms with Gasteiger partial charge in [-0.1, -0.05) is 26.8 Å². The van der Waals surface area contributed by atoms with E-state index in [1.54, 1.807) is 0 Å². The molecule has 1 atom stereocenters. The molecule has 150 valence electrons. The Kier molecular flexibility index (Phi) is 7.78. The molecular formula is C21H33N3O3. The highest BCUT2D eigenvalue weighted by atomic mass is 16.4. The van der Waals surface area contributed by atoms with Crippen molar-refractivity contribution in [3.63, 3.8) is 0 Å². The van der Waals surface area contributed by atoms with Crippen molar-refractivity contribution in [3.05, 3.63) is 29.1 Å². The fraction of sp³-hybridized carbons (Fsp3) is 0.667. The first-order valence-corrected chi connectivity index (χ1v) is 9.95. The van der Waals surface area contributed by atoms with E-state index >= 15 is 0 Å². The maximum atomic E-state index is 12.0. The lowest BCUT2D eigenvalue weighted by molar-refractivity contribution is -0.146. The molecule has 1 aromatic rings. The lowest BCUT2D eigenvalue weighted by Gasteiger charge is -2.27. The van der Waals surface area contributed by atoms with Crippen molar-refractivity contribution < 1.29 is 14.7 Å². The van der Waals surface area contributed by atoms with Crippen LogP contribution in [-0.2, 0) is 29.0 Å². The number of aryl methyl sites for hydroxylation is 1. The molecule has 27 heavy (non-hydrogen) atoms. The highest BCUT2D eigenvalue weighted by Crippen LogP contribution is 2.28. The lowest BCUT2D eigenvalue weighted by atomic mass is 9.79. The number of carboxylic acid groups (broad SMARTS) is 1. The van der Waals surface area contributed by atoms with Crippen molar-refractivity contribution in [2.45, 2.75) is 65.8 Å². The van der Waals surface area contributed by atoms with Crippen LogP contribution in [0.3, 0.4) is 0 Å². The topological polar surface area (TPSA) is 91.3 Å². The van der Waals surface area contributed by atoms with Crippen LogP contribution in [0.5, 0.6) is 0 Å². The van der Waals surface area contributed by atoms with Gasteiger partial charge in [0.1, 0.15) is 0 Å². The van der Waals surface area contributed by atoms with Gasteiger partial charge in [0.15, 0.2) is 0 Å². The van der Waals surface area contributed by atoms with Crippen molar-refractivity contribution in [1.82, 2.24) is 15.6 Å². The molecule has 0 saturated carbocycles. The molecule has 0 spiro atoms. The third-order valence-electron chi connectivity index (χ3n) is 5.17. The van der Waals surface area contributed by atoms with Gasteiger partial charge in [-0.25, -0.2) is 0 Å². The van der Waals surface area contributed by atoms with E-state index in [1.807, 2.05) is 20.8 Å². The number of hydrogen-bond acceptors (Lipinski definition) is 4. The monoisotopic (exact) mass is 375 g/mol. The quantitative estimate of drug-likeness (QED) is 0.577. The minimum absolute atomic E-state index is 0.00229. The summed E-state index contributed by atoms with van der Waals surface area (Å²) in [7, 11) is 0. The number of aromatic nitrogens is 1. The van der Waals surface area contributed by atoms with Crippen LogP contribution >= 0.6 is 0 Å². The molecule has 0 radical (unpaired) electrons. The summed E-state index contributed by atoms with van der Waals surface area (Å²) in [5, 5.41) is 15.5. The fourth-order valence-corrected chi connectivity index (χ4v) is 3.48. The third kappa shape index (κ3) is 6.94. The summed E-state index contributed by atoms with van der Waals surface area (Å²) >= 11 is 0. The van der Waals surface area contributed by atoms with E-state index in [0.29, 0.717) is 19.4 Å². The molecule has 1 aliphatic heterocycles. The lowest BCUT2D eigenvalue weighted by Crippen LogP contribution is -2.33. The molecule has 1 aromatic heterocycles. The van der Waals surface area contributed by atoms with Gasteiger partial charge in [0.2, 0.25) is 5.91 Å². The van der Waals surface area contributed by atoms with Crippen LogP contribution in [0, 0.1) is 11.3 Å². The number of amides is 1. The maximum absolute atomic E-state index is 12.0. The number of carbonyl (C=O) groups is 2. The van der Waals surface area contributed by atoms with Crippen molar-refractivity contribution >= 4 is 11.9 Å². The van der Waals surface area contributed by atoms with Gasteiger partial charge in [-0.15, -0.1) is 0 Å². The average molecular weight is 376 g/mol. The summed E-state index contributed by atoms with van der Waals surface area (Å²) in [4.78, 5) is 28.0. The first kappa shape index (κ1) is 21.4. The van der Waals surface area contributed by atoms with Crippen LogP contribution < -0.4 is 10.6 Å². The second-order valence-electron chi connectivity index (χ2n) is 8.44. The molecule has 2 heterocycles. The molecule has 2 rings (SSSR count). The first-order valence-electron chi connectivity index (χ1n) is 9.95. The standard InChI is InChI=1S/C21H33N3O3/c1-21(2,3)17(20(26)27)10-13-23-19(25)7-5-4-6-16-9-8-15-14-22-12-11-18(15)24-16/h8-9,17,22H,4-7,10-14H2,1-3H3,(H,23,25)(H,26,27). The molecule has 1 amide bonds. The Hall–Kier alpha value is -1.95. The highest BCUT2D eigenvalue weighted by molar-refractivity contribution is 5.76. The number of carbonyl (C=O) groups excluding carboxylic acids is 1. The summed E-state index contributed by atoms with van der Waals surface area (Å²) in [5.41, 5.74) is 3.29. The molecule has 1 aliphatic rings. The van der Waals surface area contributed by atoms with E-state index in [4.69, 9.17) is 4.98 Å². The number of aliphatic carboxylic acids is 1. The number of hydrogen-bond donors (Lipinski definition) is 3. The van der Waals surface area contributed by atoms with E-state index in [1.165, 1.54) is 11.3 Å². The van der Waals surface area contributed by atoms with Crippen LogP contribution in [0.25, 0.3) is 0 Å². The van der Waals surface area contributed by atoms with Gasteiger partial charge >= 0.3 is 5.97 Å². The number of pyridine rings is 1. The van der Waals surface area contributed by atoms with Crippen LogP contribution in [0.2, 0.25) is 0 Å². The number of carboxylic acids is 1. The third-order valence-corrected chi connectivity index (χ3v) is 5.17. The predicted octanol–water partition coefficient (Wildman–Crippen LogP) is 2.69. The van der Waals surface area contributed by atoms with E-state index in [0.717, 1.165) is 44.5 Å². The summed E-state index contributed by atoms with van der Waals surface area (Å²) < 4.78 is 0. The second kappa shape index (κ2) is 9.83. The van der Waals surface area contributed by atoms with Crippen molar-refractivity contribution in [1.29, 1.82) is 0 Å². The van der Waals surface area contributed by atoms with Crippen LogP contribution in [0.4, 0.5) is 0 Å². The Morgan fingerprint density at radius 1 is 1.30 bits per heavy atom. The highest BCUT2D eigenvalue weighted by Gasteiger charge is 2.30. The average Bonchev–Trinajstić information content (AvgIpc) is 2.61. The Morgan fingerprint density at radius 3 is 2.78 bits per heavy atom. The minimum Gasteiger partial charge on any atom is -0.481 e. The Balaban J connectivity index is 1.64.